The van der Waals surface area contributed by atoms with Crippen molar-refractivity contribution < 1.29 is 15.0 Å². The first-order valence-corrected chi connectivity index (χ1v) is 8.56. The van der Waals surface area contributed by atoms with Crippen molar-refractivity contribution >= 4 is 5.97 Å². The summed E-state index contributed by atoms with van der Waals surface area (Å²) in [6, 6.07) is 0. The molecule has 0 bridgehead atoms. The van der Waals surface area contributed by atoms with Crippen LogP contribution in [0.3, 0.4) is 0 Å². The molecule has 0 aliphatic heterocycles. The zero-order chi connectivity index (χ0) is 15.1. The third-order valence-corrected chi connectivity index (χ3v) is 3.82. The average molecular weight is 286 g/mol. The molecule has 3 heteroatoms. The standard InChI is InChI=1S/C17H34O3/c1-2-3-4-10-13-16(18)14-11-8-6-5-7-9-12-15-17(19)20/h16,18H,2-15H2,1H3,(H,19,20). The minimum Gasteiger partial charge on any atom is -0.481 e. The Balaban J connectivity index is 3.13. The third-order valence-electron chi connectivity index (χ3n) is 3.82. The first-order valence-electron chi connectivity index (χ1n) is 8.56. The second kappa shape index (κ2) is 14.8. The van der Waals surface area contributed by atoms with Crippen LogP contribution in [0.4, 0.5) is 0 Å². The molecule has 2 N–H and O–H groups in total. The molecule has 0 aromatic heterocycles. The number of aliphatic carboxylic acids is 1. The molecule has 20 heavy (non-hydrogen) atoms. The molecule has 0 saturated heterocycles. The van der Waals surface area contributed by atoms with E-state index in [-0.39, 0.29) is 6.10 Å². The highest BCUT2D eigenvalue weighted by molar-refractivity contribution is 5.66. The summed E-state index contributed by atoms with van der Waals surface area (Å²) >= 11 is 0. The number of rotatable bonds is 15. The van der Waals surface area contributed by atoms with Crippen molar-refractivity contribution in [1.29, 1.82) is 0 Å². The van der Waals surface area contributed by atoms with Crippen molar-refractivity contribution in [2.45, 2.75) is 103 Å². The maximum absolute atomic E-state index is 10.3. The van der Waals surface area contributed by atoms with Gasteiger partial charge in [-0.1, -0.05) is 71.1 Å². The first-order chi connectivity index (χ1) is 9.66. The van der Waals surface area contributed by atoms with E-state index >= 15 is 0 Å². The third kappa shape index (κ3) is 15.5. The lowest BCUT2D eigenvalue weighted by Crippen LogP contribution is -2.05. The van der Waals surface area contributed by atoms with Crippen molar-refractivity contribution in [2.75, 3.05) is 0 Å². The van der Waals surface area contributed by atoms with Crippen molar-refractivity contribution in [1.82, 2.24) is 0 Å². The van der Waals surface area contributed by atoms with Gasteiger partial charge in [0, 0.05) is 6.42 Å². The van der Waals surface area contributed by atoms with Crippen LogP contribution in [0.2, 0.25) is 0 Å². The summed E-state index contributed by atoms with van der Waals surface area (Å²) in [5.74, 6) is -0.682. The Kier molecular flexibility index (Phi) is 14.4. The number of aliphatic hydroxyl groups is 1. The number of hydrogen-bond acceptors (Lipinski definition) is 2. The molecule has 0 heterocycles. The van der Waals surface area contributed by atoms with E-state index in [2.05, 4.69) is 6.92 Å². The quantitative estimate of drug-likeness (QED) is 0.420. The molecule has 1 unspecified atom stereocenters. The summed E-state index contributed by atoms with van der Waals surface area (Å²) in [5.41, 5.74) is 0. The first kappa shape index (κ1) is 19.4. The summed E-state index contributed by atoms with van der Waals surface area (Å²) in [5, 5.41) is 18.3. The summed E-state index contributed by atoms with van der Waals surface area (Å²) in [6.07, 6.45) is 14.8. The fourth-order valence-corrected chi connectivity index (χ4v) is 2.49. The molecular weight excluding hydrogens is 252 g/mol. The van der Waals surface area contributed by atoms with Gasteiger partial charge < -0.3 is 10.2 Å². The minimum atomic E-state index is -0.682. The SMILES string of the molecule is CCCCCCC(O)CCCCCCCCCC(=O)O. The fourth-order valence-electron chi connectivity index (χ4n) is 2.49. The molecule has 0 amide bonds. The van der Waals surface area contributed by atoms with Crippen LogP contribution >= 0.6 is 0 Å². The zero-order valence-electron chi connectivity index (χ0n) is 13.3. The van der Waals surface area contributed by atoms with Crippen LogP contribution in [0.5, 0.6) is 0 Å². The zero-order valence-corrected chi connectivity index (χ0v) is 13.3. The van der Waals surface area contributed by atoms with Gasteiger partial charge in [0.25, 0.3) is 0 Å². The normalized spacial score (nSPS) is 12.5. The number of unbranched alkanes of at least 4 members (excludes halogenated alkanes) is 9. The van der Waals surface area contributed by atoms with Crippen LogP contribution in [-0.2, 0) is 4.79 Å². The van der Waals surface area contributed by atoms with Gasteiger partial charge >= 0.3 is 5.97 Å². The van der Waals surface area contributed by atoms with E-state index < -0.39 is 5.97 Å². The predicted molar refractivity (Wildman–Crippen MR) is 84.0 cm³/mol. The van der Waals surface area contributed by atoms with Gasteiger partial charge in [0.05, 0.1) is 6.10 Å². The van der Waals surface area contributed by atoms with E-state index in [0.717, 1.165) is 38.5 Å². The molecule has 0 saturated carbocycles. The van der Waals surface area contributed by atoms with Crippen LogP contribution in [0, 0.1) is 0 Å². The van der Waals surface area contributed by atoms with Gasteiger partial charge in [0.2, 0.25) is 0 Å². The average Bonchev–Trinajstić information content (AvgIpc) is 2.41. The second-order valence-corrected chi connectivity index (χ2v) is 5.91. The number of carboxylic acids is 1. The summed E-state index contributed by atoms with van der Waals surface area (Å²) in [6.45, 7) is 2.21. The number of carboxylic acid groups (broad SMARTS) is 1. The van der Waals surface area contributed by atoms with Gasteiger partial charge in [-0.3, -0.25) is 4.79 Å². The van der Waals surface area contributed by atoms with E-state index in [1.807, 2.05) is 0 Å². The summed E-state index contributed by atoms with van der Waals surface area (Å²) in [4.78, 5) is 10.3. The van der Waals surface area contributed by atoms with Crippen LogP contribution < -0.4 is 0 Å². The Labute approximate surface area is 124 Å². The predicted octanol–water partition coefficient (Wildman–Crippen LogP) is 4.91. The molecule has 1 atom stereocenters. The number of hydrogen-bond donors (Lipinski definition) is 2. The highest BCUT2D eigenvalue weighted by Crippen LogP contribution is 2.13. The van der Waals surface area contributed by atoms with Crippen molar-refractivity contribution in [3.8, 4) is 0 Å². The van der Waals surface area contributed by atoms with Gasteiger partial charge in [0.15, 0.2) is 0 Å². The van der Waals surface area contributed by atoms with E-state index in [0.29, 0.717) is 6.42 Å². The monoisotopic (exact) mass is 286 g/mol. The van der Waals surface area contributed by atoms with Gasteiger partial charge in [-0.25, -0.2) is 0 Å². The van der Waals surface area contributed by atoms with Crippen LogP contribution in [-0.4, -0.2) is 22.3 Å². The molecule has 0 aliphatic carbocycles. The molecule has 0 rings (SSSR count). The van der Waals surface area contributed by atoms with Gasteiger partial charge in [-0.2, -0.15) is 0 Å². The molecule has 3 nitrogen and oxygen atoms in total. The van der Waals surface area contributed by atoms with Crippen molar-refractivity contribution in [3.05, 3.63) is 0 Å². The van der Waals surface area contributed by atoms with Crippen molar-refractivity contribution in [3.63, 3.8) is 0 Å². The Morgan fingerprint density at radius 1 is 0.800 bits per heavy atom. The largest absolute Gasteiger partial charge is 0.481 e. The highest BCUT2D eigenvalue weighted by Gasteiger charge is 2.03. The number of carbonyl (C=O) groups is 1. The summed E-state index contributed by atoms with van der Waals surface area (Å²) in [7, 11) is 0. The molecule has 0 spiro atoms. The Bertz CT molecular complexity index is 216. The second-order valence-electron chi connectivity index (χ2n) is 5.91. The van der Waals surface area contributed by atoms with Gasteiger partial charge in [-0.05, 0) is 19.3 Å². The Morgan fingerprint density at radius 3 is 1.75 bits per heavy atom. The molecule has 0 fully saturated rings. The Hall–Kier alpha value is -0.570. The van der Waals surface area contributed by atoms with E-state index in [9.17, 15) is 9.90 Å². The lowest BCUT2D eigenvalue weighted by molar-refractivity contribution is -0.137. The van der Waals surface area contributed by atoms with Crippen LogP contribution in [0.25, 0.3) is 0 Å². The molecular formula is C17H34O3. The molecule has 0 aromatic carbocycles. The van der Waals surface area contributed by atoms with Gasteiger partial charge in [0.1, 0.15) is 0 Å². The molecule has 0 aromatic rings. The van der Waals surface area contributed by atoms with E-state index in [4.69, 9.17) is 5.11 Å². The summed E-state index contributed by atoms with van der Waals surface area (Å²) < 4.78 is 0. The highest BCUT2D eigenvalue weighted by atomic mass is 16.4. The van der Waals surface area contributed by atoms with Crippen LogP contribution in [0.15, 0.2) is 0 Å². The maximum Gasteiger partial charge on any atom is 0.303 e. The molecule has 120 valence electrons. The maximum atomic E-state index is 10.3. The topological polar surface area (TPSA) is 57.5 Å². The van der Waals surface area contributed by atoms with Gasteiger partial charge in [-0.15, -0.1) is 0 Å². The van der Waals surface area contributed by atoms with Crippen molar-refractivity contribution in [2.24, 2.45) is 0 Å². The van der Waals surface area contributed by atoms with E-state index in [1.165, 1.54) is 44.9 Å². The number of aliphatic hydroxyl groups excluding tert-OH is 1. The lowest BCUT2D eigenvalue weighted by Gasteiger charge is -2.10. The smallest absolute Gasteiger partial charge is 0.303 e. The van der Waals surface area contributed by atoms with Crippen LogP contribution in [0.1, 0.15) is 96.8 Å². The fraction of sp³-hybridized carbons (Fsp3) is 0.941. The molecule has 0 aliphatic rings. The Morgan fingerprint density at radius 2 is 1.25 bits per heavy atom. The van der Waals surface area contributed by atoms with E-state index in [1.54, 1.807) is 0 Å². The lowest BCUT2D eigenvalue weighted by atomic mass is 10.0. The molecule has 0 radical (unpaired) electrons. The minimum absolute atomic E-state index is 0.0950.